The van der Waals surface area contributed by atoms with Crippen LogP contribution in [-0.4, -0.2) is 30.4 Å². The molecule has 0 fully saturated rings. The number of fused-ring (bicyclic) bond motifs is 2. The lowest BCUT2D eigenvalue weighted by atomic mass is 10.1. The van der Waals surface area contributed by atoms with Crippen LogP contribution >= 0.6 is 23.2 Å². The van der Waals surface area contributed by atoms with Gasteiger partial charge in [-0.25, -0.2) is 19.2 Å². The SMILES string of the molecule is C[C@@H](Nc1ccc(Cl)nc1C(=O)O)c1cc(Cl)cn2c(=O)cc(N3Cc4cc(F)cnc4[C@@H]3C)nc12. The molecule has 4 aromatic rings. The van der Waals surface area contributed by atoms with Crippen molar-refractivity contribution < 1.29 is 14.3 Å². The van der Waals surface area contributed by atoms with E-state index in [0.717, 1.165) is 11.3 Å². The molecule has 0 amide bonds. The van der Waals surface area contributed by atoms with E-state index in [1.165, 1.54) is 41.1 Å². The van der Waals surface area contributed by atoms with Crippen LogP contribution in [-0.2, 0) is 6.54 Å². The molecule has 2 atom stereocenters. The third-order valence-electron chi connectivity index (χ3n) is 6.11. The Labute approximate surface area is 214 Å². The third-order valence-corrected chi connectivity index (χ3v) is 6.53. The fraction of sp³-hybridized carbons (Fsp3) is 0.208. The molecule has 0 saturated carbocycles. The second-order valence-corrected chi connectivity index (χ2v) is 9.29. The number of aromatic nitrogens is 4. The lowest BCUT2D eigenvalue weighted by Crippen LogP contribution is -2.25. The van der Waals surface area contributed by atoms with Gasteiger partial charge in [-0.3, -0.25) is 14.2 Å². The molecule has 0 unspecified atom stereocenters. The molecule has 0 spiro atoms. The van der Waals surface area contributed by atoms with Gasteiger partial charge in [-0.05, 0) is 43.7 Å². The van der Waals surface area contributed by atoms with Gasteiger partial charge in [0.2, 0.25) is 0 Å². The quantitative estimate of drug-likeness (QED) is 0.352. The Morgan fingerprint density at radius 2 is 2.03 bits per heavy atom. The van der Waals surface area contributed by atoms with Crippen LogP contribution in [0.3, 0.4) is 0 Å². The monoisotopic (exact) mass is 528 g/mol. The average molecular weight is 529 g/mol. The Hall–Kier alpha value is -3.76. The Kier molecular flexibility index (Phi) is 6.01. The van der Waals surface area contributed by atoms with Crippen molar-refractivity contribution in [3.8, 4) is 0 Å². The normalized spacial score (nSPS) is 15.7. The molecule has 1 aliphatic heterocycles. The zero-order chi connectivity index (χ0) is 25.7. The Morgan fingerprint density at radius 1 is 1.25 bits per heavy atom. The minimum atomic E-state index is -1.24. The summed E-state index contributed by atoms with van der Waals surface area (Å²) in [7, 11) is 0. The van der Waals surface area contributed by atoms with Crippen molar-refractivity contribution in [3.05, 3.63) is 91.6 Å². The van der Waals surface area contributed by atoms with Crippen molar-refractivity contribution >= 4 is 46.3 Å². The number of hydrogen-bond donors (Lipinski definition) is 2. The van der Waals surface area contributed by atoms with Crippen molar-refractivity contribution in [2.24, 2.45) is 0 Å². The Balaban J connectivity index is 1.58. The van der Waals surface area contributed by atoms with Crippen LogP contribution in [0.2, 0.25) is 10.2 Å². The third kappa shape index (κ3) is 4.22. The van der Waals surface area contributed by atoms with Crippen molar-refractivity contribution in [2.45, 2.75) is 32.5 Å². The number of hydrogen-bond acceptors (Lipinski definition) is 7. The van der Waals surface area contributed by atoms with Crippen molar-refractivity contribution in [3.63, 3.8) is 0 Å². The maximum Gasteiger partial charge on any atom is 0.356 e. The Bertz CT molecular complexity index is 1590. The van der Waals surface area contributed by atoms with E-state index in [9.17, 15) is 19.1 Å². The number of aromatic carboxylic acids is 1. The smallest absolute Gasteiger partial charge is 0.356 e. The lowest BCUT2D eigenvalue weighted by molar-refractivity contribution is 0.0691. The van der Waals surface area contributed by atoms with Crippen molar-refractivity contribution in [1.29, 1.82) is 0 Å². The molecule has 184 valence electrons. The predicted molar refractivity (Wildman–Crippen MR) is 134 cm³/mol. The summed E-state index contributed by atoms with van der Waals surface area (Å²) >= 11 is 12.2. The van der Waals surface area contributed by atoms with Crippen LogP contribution in [0.25, 0.3) is 5.65 Å². The van der Waals surface area contributed by atoms with E-state index in [2.05, 4.69) is 15.3 Å². The zero-order valence-electron chi connectivity index (χ0n) is 19.0. The highest BCUT2D eigenvalue weighted by Crippen LogP contribution is 2.36. The summed E-state index contributed by atoms with van der Waals surface area (Å²) in [6.07, 6.45) is 2.64. The molecule has 0 aromatic carbocycles. The van der Waals surface area contributed by atoms with Crippen LogP contribution < -0.4 is 15.8 Å². The number of nitrogens with one attached hydrogen (secondary N) is 1. The van der Waals surface area contributed by atoms with Gasteiger partial charge in [-0.1, -0.05) is 23.2 Å². The number of nitrogens with zero attached hydrogens (tertiary/aromatic N) is 5. The molecule has 5 heterocycles. The molecule has 1 aliphatic rings. The first-order valence-corrected chi connectivity index (χ1v) is 11.7. The van der Waals surface area contributed by atoms with E-state index in [0.29, 0.717) is 28.6 Å². The van der Waals surface area contributed by atoms with Gasteiger partial charge in [-0.15, -0.1) is 0 Å². The maximum absolute atomic E-state index is 13.7. The highest BCUT2D eigenvalue weighted by atomic mass is 35.5. The van der Waals surface area contributed by atoms with Crippen LogP contribution in [0.15, 0.2) is 47.5 Å². The minimum Gasteiger partial charge on any atom is -0.476 e. The zero-order valence-corrected chi connectivity index (χ0v) is 20.5. The first-order chi connectivity index (χ1) is 17.1. The van der Waals surface area contributed by atoms with Gasteiger partial charge in [0.25, 0.3) is 5.56 Å². The Morgan fingerprint density at radius 3 is 2.78 bits per heavy atom. The lowest BCUT2D eigenvalue weighted by Gasteiger charge is -2.24. The van der Waals surface area contributed by atoms with Crippen LogP contribution in [0.1, 0.15) is 53.2 Å². The highest BCUT2D eigenvalue weighted by molar-refractivity contribution is 6.30. The van der Waals surface area contributed by atoms with E-state index in [1.54, 1.807) is 13.0 Å². The number of rotatable bonds is 5. The molecular formula is C24H19Cl2FN6O3. The average Bonchev–Trinajstić information content (AvgIpc) is 3.15. The van der Waals surface area contributed by atoms with Crippen molar-refractivity contribution in [1.82, 2.24) is 19.4 Å². The number of pyridine rings is 3. The molecule has 0 saturated heterocycles. The van der Waals surface area contributed by atoms with Crippen LogP contribution in [0, 0.1) is 5.82 Å². The maximum atomic E-state index is 13.7. The standard InChI is InChI=1S/C24H19Cl2FN6O3/c1-11(29-17-3-4-18(26)30-22(17)24(35)36)16-6-14(25)10-33-20(34)7-19(31-23(16)33)32-9-13-5-15(27)8-28-21(13)12(32)2/h3-8,10-12,29H,9H2,1-2H3,(H,35,36)/t11-,12+/m1/s1. The second kappa shape index (κ2) is 9.03. The molecule has 0 bridgehead atoms. The highest BCUT2D eigenvalue weighted by Gasteiger charge is 2.30. The van der Waals surface area contributed by atoms with Crippen LogP contribution in [0.5, 0.6) is 0 Å². The first kappa shape index (κ1) is 24.0. The number of carbonyl (C=O) groups is 1. The van der Waals surface area contributed by atoms with E-state index < -0.39 is 17.8 Å². The molecule has 12 heteroatoms. The van der Waals surface area contributed by atoms with Gasteiger partial charge >= 0.3 is 5.97 Å². The summed E-state index contributed by atoms with van der Waals surface area (Å²) in [5.41, 5.74) is 1.99. The molecule has 5 rings (SSSR count). The van der Waals surface area contributed by atoms with Gasteiger partial charge < -0.3 is 15.3 Å². The molecule has 9 nitrogen and oxygen atoms in total. The van der Waals surface area contributed by atoms with Crippen LogP contribution in [0.4, 0.5) is 15.9 Å². The molecule has 36 heavy (non-hydrogen) atoms. The number of anilines is 2. The first-order valence-electron chi connectivity index (χ1n) is 10.9. The molecule has 0 aliphatic carbocycles. The van der Waals surface area contributed by atoms with E-state index in [-0.39, 0.29) is 28.1 Å². The topological polar surface area (TPSA) is 113 Å². The summed E-state index contributed by atoms with van der Waals surface area (Å²) < 4.78 is 15.1. The van der Waals surface area contributed by atoms with E-state index in [4.69, 9.17) is 28.2 Å². The summed E-state index contributed by atoms with van der Waals surface area (Å²) in [6, 6.07) is 6.74. The van der Waals surface area contributed by atoms with Gasteiger partial charge in [-0.2, -0.15) is 0 Å². The largest absolute Gasteiger partial charge is 0.476 e. The second-order valence-electron chi connectivity index (χ2n) is 8.46. The number of halogens is 3. The summed E-state index contributed by atoms with van der Waals surface area (Å²) in [5.74, 6) is -1.27. The van der Waals surface area contributed by atoms with Gasteiger partial charge in [0.15, 0.2) is 5.69 Å². The summed E-state index contributed by atoms with van der Waals surface area (Å²) in [5, 5.41) is 13.0. The van der Waals surface area contributed by atoms with E-state index >= 15 is 0 Å². The van der Waals surface area contributed by atoms with Gasteiger partial charge in [0, 0.05) is 24.4 Å². The van der Waals surface area contributed by atoms with Gasteiger partial charge in [0.05, 0.1) is 34.7 Å². The fourth-order valence-corrected chi connectivity index (χ4v) is 4.78. The predicted octanol–water partition coefficient (Wildman–Crippen LogP) is 4.88. The minimum absolute atomic E-state index is 0.0479. The number of carboxylic acids is 1. The molecule has 4 aromatic heterocycles. The fourth-order valence-electron chi connectivity index (χ4n) is 4.41. The van der Waals surface area contributed by atoms with Gasteiger partial charge in [0.1, 0.15) is 22.4 Å². The summed E-state index contributed by atoms with van der Waals surface area (Å²) in [4.78, 5) is 39.5. The van der Waals surface area contributed by atoms with Crippen molar-refractivity contribution in [2.75, 3.05) is 10.2 Å². The molecule has 0 radical (unpaired) electrons. The molecular weight excluding hydrogens is 510 g/mol. The molecule has 2 N–H and O–H groups in total. The van der Waals surface area contributed by atoms with E-state index in [1.807, 2.05) is 11.8 Å². The number of carboxylic acid groups (broad SMARTS) is 1. The summed E-state index contributed by atoms with van der Waals surface area (Å²) in [6.45, 7) is 4.04.